The summed E-state index contributed by atoms with van der Waals surface area (Å²) in [7, 11) is 0. The van der Waals surface area contributed by atoms with Gasteiger partial charge in [-0.2, -0.15) is 0 Å². The van der Waals surface area contributed by atoms with Gasteiger partial charge in [0.1, 0.15) is 12.4 Å². The second-order valence-corrected chi connectivity index (χ2v) is 5.59. The van der Waals surface area contributed by atoms with Gasteiger partial charge in [-0.1, -0.05) is 35.9 Å². The van der Waals surface area contributed by atoms with Gasteiger partial charge >= 0.3 is 0 Å². The topological polar surface area (TPSA) is 14.2 Å². The van der Waals surface area contributed by atoms with E-state index >= 15 is 0 Å². The highest BCUT2D eigenvalue weighted by Crippen LogP contribution is 2.29. The van der Waals surface area contributed by atoms with Gasteiger partial charge in [-0.05, 0) is 37.6 Å². The minimum atomic E-state index is 0.549. The highest BCUT2D eigenvalue weighted by molar-refractivity contribution is 6.35. The molecule has 0 amide bonds. The first kappa shape index (κ1) is 14.0. The first-order valence-electron chi connectivity index (χ1n) is 7.14. The van der Waals surface area contributed by atoms with Gasteiger partial charge in [-0.3, -0.25) is 0 Å². The zero-order valence-corrected chi connectivity index (χ0v) is 13.0. The fraction of sp³-hybridized carbons (Fsp3) is 0.222. The number of aromatic nitrogens is 1. The molecular weight excluding hydrogens is 282 g/mol. The average molecular weight is 300 g/mol. The molecule has 0 bridgehead atoms. The Morgan fingerprint density at radius 2 is 1.95 bits per heavy atom. The van der Waals surface area contributed by atoms with Crippen molar-refractivity contribution in [2.45, 2.75) is 27.0 Å². The van der Waals surface area contributed by atoms with Crippen molar-refractivity contribution >= 4 is 22.5 Å². The van der Waals surface area contributed by atoms with E-state index in [1.165, 1.54) is 5.56 Å². The van der Waals surface area contributed by atoms with Crippen LogP contribution >= 0.6 is 11.6 Å². The number of fused-ring (bicyclic) bond motifs is 1. The highest BCUT2D eigenvalue weighted by Gasteiger charge is 2.11. The summed E-state index contributed by atoms with van der Waals surface area (Å²) >= 11 is 6.33. The van der Waals surface area contributed by atoms with E-state index < -0.39 is 0 Å². The van der Waals surface area contributed by atoms with Crippen LogP contribution in [-0.2, 0) is 13.2 Å². The Kier molecular flexibility index (Phi) is 3.89. The molecule has 0 saturated heterocycles. The minimum Gasteiger partial charge on any atom is -0.489 e. The van der Waals surface area contributed by atoms with Gasteiger partial charge in [0.2, 0.25) is 0 Å². The normalized spacial score (nSPS) is 11.0. The summed E-state index contributed by atoms with van der Waals surface area (Å²) in [4.78, 5) is 0. The number of halogens is 1. The molecule has 3 heteroatoms. The molecule has 0 saturated carbocycles. The smallest absolute Gasteiger partial charge is 0.120 e. The van der Waals surface area contributed by atoms with E-state index in [1.54, 1.807) is 0 Å². The molecule has 0 radical (unpaired) electrons. The molecule has 0 aliphatic rings. The van der Waals surface area contributed by atoms with Crippen molar-refractivity contribution in [1.29, 1.82) is 0 Å². The van der Waals surface area contributed by atoms with Gasteiger partial charge in [0.25, 0.3) is 0 Å². The van der Waals surface area contributed by atoms with Crippen molar-refractivity contribution in [2.24, 2.45) is 0 Å². The van der Waals surface area contributed by atoms with Crippen LogP contribution in [0.3, 0.4) is 0 Å². The molecular formula is C18H18ClNO. The Bertz CT molecular complexity index is 776. The first-order valence-corrected chi connectivity index (χ1v) is 7.52. The molecule has 108 valence electrons. The zero-order valence-electron chi connectivity index (χ0n) is 12.3. The summed E-state index contributed by atoms with van der Waals surface area (Å²) in [5.41, 5.74) is 3.45. The number of aryl methyl sites for hydroxylation is 2. The first-order chi connectivity index (χ1) is 10.2. The molecule has 0 aliphatic carbocycles. The quantitative estimate of drug-likeness (QED) is 0.645. The molecule has 0 spiro atoms. The Hall–Kier alpha value is -1.93. The SMILES string of the molecule is CCn1cc(COc2cccc(C)c2)c2cccc(Cl)c21. The average Bonchev–Trinajstić information content (AvgIpc) is 2.85. The minimum absolute atomic E-state index is 0.549. The molecule has 3 aromatic rings. The van der Waals surface area contributed by atoms with E-state index in [4.69, 9.17) is 16.3 Å². The molecule has 1 heterocycles. The molecule has 0 aliphatic heterocycles. The lowest BCUT2D eigenvalue weighted by Gasteiger charge is -2.06. The molecule has 0 fully saturated rings. The molecule has 21 heavy (non-hydrogen) atoms. The van der Waals surface area contributed by atoms with Crippen molar-refractivity contribution < 1.29 is 4.74 Å². The monoisotopic (exact) mass is 299 g/mol. The van der Waals surface area contributed by atoms with E-state index in [-0.39, 0.29) is 0 Å². The van der Waals surface area contributed by atoms with Crippen molar-refractivity contribution in [2.75, 3.05) is 0 Å². The molecule has 0 atom stereocenters. The van der Waals surface area contributed by atoms with E-state index in [1.807, 2.05) is 30.3 Å². The van der Waals surface area contributed by atoms with Crippen molar-refractivity contribution in [1.82, 2.24) is 4.57 Å². The predicted molar refractivity (Wildman–Crippen MR) is 88.1 cm³/mol. The Labute approximate surface area is 129 Å². The third-order valence-electron chi connectivity index (χ3n) is 3.66. The Morgan fingerprint density at radius 1 is 1.14 bits per heavy atom. The number of rotatable bonds is 4. The summed E-state index contributed by atoms with van der Waals surface area (Å²) in [5.74, 6) is 0.898. The number of benzene rings is 2. The van der Waals surface area contributed by atoms with Crippen LogP contribution in [0.4, 0.5) is 0 Å². The predicted octanol–water partition coefficient (Wildman–Crippen LogP) is 5.20. The largest absolute Gasteiger partial charge is 0.489 e. The van der Waals surface area contributed by atoms with E-state index in [0.29, 0.717) is 6.61 Å². The maximum Gasteiger partial charge on any atom is 0.120 e. The van der Waals surface area contributed by atoms with Gasteiger partial charge in [0.15, 0.2) is 0 Å². The van der Waals surface area contributed by atoms with E-state index in [0.717, 1.165) is 33.8 Å². The van der Waals surface area contributed by atoms with Crippen LogP contribution < -0.4 is 4.74 Å². The van der Waals surface area contributed by atoms with Crippen molar-refractivity contribution in [3.63, 3.8) is 0 Å². The third-order valence-corrected chi connectivity index (χ3v) is 3.96. The van der Waals surface area contributed by atoms with Crippen LogP contribution in [0.25, 0.3) is 10.9 Å². The van der Waals surface area contributed by atoms with Crippen LogP contribution in [0.5, 0.6) is 5.75 Å². The number of hydrogen-bond donors (Lipinski definition) is 0. The fourth-order valence-corrected chi connectivity index (χ4v) is 2.90. The summed E-state index contributed by atoms with van der Waals surface area (Å²) in [6.07, 6.45) is 2.13. The van der Waals surface area contributed by atoms with Gasteiger partial charge < -0.3 is 9.30 Å². The maximum atomic E-state index is 6.33. The summed E-state index contributed by atoms with van der Waals surface area (Å²) < 4.78 is 8.10. The summed E-state index contributed by atoms with van der Waals surface area (Å²) in [6.45, 7) is 5.63. The second kappa shape index (κ2) is 5.82. The van der Waals surface area contributed by atoms with Crippen LogP contribution in [0.15, 0.2) is 48.7 Å². The summed E-state index contributed by atoms with van der Waals surface area (Å²) in [5, 5.41) is 1.95. The number of ether oxygens (including phenoxy) is 1. The fourth-order valence-electron chi connectivity index (χ4n) is 2.62. The molecule has 0 unspecified atom stereocenters. The van der Waals surface area contributed by atoms with E-state index in [2.05, 4.69) is 36.7 Å². The van der Waals surface area contributed by atoms with Gasteiger partial charge in [0, 0.05) is 23.7 Å². The Morgan fingerprint density at radius 3 is 2.71 bits per heavy atom. The highest BCUT2D eigenvalue weighted by atomic mass is 35.5. The molecule has 3 rings (SSSR count). The third kappa shape index (κ3) is 2.77. The van der Waals surface area contributed by atoms with E-state index in [9.17, 15) is 0 Å². The molecule has 1 aromatic heterocycles. The lowest BCUT2D eigenvalue weighted by Crippen LogP contribution is -1.95. The number of hydrogen-bond acceptors (Lipinski definition) is 1. The second-order valence-electron chi connectivity index (χ2n) is 5.18. The van der Waals surface area contributed by atoms with Crippen LogP contribution in [-0.4, -0.2) is 4.57 Å². The van der Waals surface area contributed by atoms with Gasteiger partial charge in [-0.25, -0.2) is 0 Å². The van der Waals surface area contributed by atoms with Crippen molar-refractivity contribution in [3.8, 4) is 5.75 Å². The van der Waals surface area contributed by atoms with Gasteiger partial charge in [-0.15, -0.1) is 0 Å². The van der Waals surface area contributed by atoms with Crippen LogP contribution in [0.1, 0.15) is 18.1 Å². The maximum absolute atomic E-state index is 6.33. The van der Waals surface area contributed by atoms with Crippen LogP contribution in [0, 0.1) is 6.92 Å². The van der Waals surface area contributed by atoms with Crippen molar-refractivity contribution in [3.05, 3.63) is 64.8 Å². The number of nitrogens with zero attached hydrogens (tertiary/aromatic N) is 1. The number of para-hydroxylation sites is 1. The van der Waals surface area contributed by atoms with Crippen LogP contribution in [0.2, 0.25) is 5.02 Å². The zero-order chi connectivity index (χ0) is 14.8. The molecule has 2 nitrogen and oxygen atoms in total. The van der Waals surface area contributed by atoms with Gasteiger partial charge in [0.05, 0.1) is 10.5 Å². The lowest BCUT2D eigenvalue weighted by molar-refractivity contribution is 0.307. The standard InChI is InChI=1S/C18H18ClNO/c1-3-20-11-14(16-8-5-9-17(19)18(16)20)12-21-15-7-4-6-13(2)10-15/h4-11H,3,12H2,1-2H3. The lowest BCUT2D eigenvalue weighted by atomic mass is 10.2. The summed E-state index contributed by atoms with van der Waals surface area (Å²) in [6, 6.07) is 14.1. The molecule has 2 aromatic carbocycles. The molecule has 0 N–H and O–H groups in total. The Balaban J connectivity index is 1.92.